The molecule has 1 heterocycles. The number of nitrogens with two attached hydrogens (primary N) is 3. The molecule has 7 heteroatoms. The molecular formula is C19H28N6O. The molecule has 9 N–H and O–H groups in total. The minimum absolute atomic E-state index is 0.126. The number of hydrogen-bond acceptors (Lipinski definition) is 6. The summed E-state index contributed by atoms with van der Waals surface area (Å²) in [5, 5.41) is 16.9. The van der Waals surface area contributed by atoms with E-state index in [0.29, 0.717) is 28.5 Å². The Bertz CT molecular complexity index is 729. The average Bonchev–Trinajstić information content (AvgIpc) is 3.45. The molecule has 1 saturated heterocycles. The van der Waals surface area contributed by atoms with Crippen LogP contribution in [0.2, 0.25) is 0 Å². The molecule has 0 atom stereocenters. The topological polar surface area (TPSA) is 135 Å². The lowest BCUT2D eigenvalue weighted by Gasteiger charge is -2.26. The minimum atomic E-state index is 0.126. The summed E-state index contributed by atoms with van der Waals surface area (Å²) >= 11 is 0. The van der Waals surface area contributed by atoms with Gasteiger partial charge in [0.25, 0.3) is 0 Å². The number of aromatic hydroxyl groups is 1. The third-order valence-corrected chi connectivity index (χ3v) is 4.65. The summed E-state index contributed by atoms with van der Waals surface area (Å²) in [5.74, 6) is 0.464. The van der Waals surface area contributed by atoms with Crippen molar-refractivity contribution >= 4 is 11.5 Å². The molecule has 0 amide bonds. The van der Waals surface area contributed by atoms with E-state index in [2.05, 4.69) is 15.6 Å². The summed E-state index contributed by atoms with van der Waals surface area (Å²) in [7, 11) is 0. The van der Waals surface area contributed by atoms with E-state index in [1.54, 1.807) is 24.3 Å². The van der Waals surface area contributed by atoms with Crippen molar-refractivity contribution in [3.05, 3.63) is 47.3 Å². The highest BCUT2D eigenvalue weighted by Gasteiger charge is 2.22. The molecule has 0 spiro atoms. The third-order valence-electron chi connectivity index (χ3n) is 4.65. The summed E-state index contributed by atoms with van der Waals surface area (Å²) in [6.45, 7) is 1.91. The van der Waals surface area contributed by atoms with Crippen LogP contribution >= 0.6 is 0 Å². The highest BCUT2D eigenvalue weighted by atomic mass is 16.3. The monoisotopic (exact) mass is 356 g/mol. The zero-order chi connectivity index (χ0) is 18.5. The highest BCUT2D eigenvalue weighted by Crippen LogP contribution is 2.25. The maximum atomic E-state index is 10.0. The second-order valence-corrected chi connectivity index (χ2v) is 6.86. The van der Waals surface area contributed by atoms with Crippen LogP contribution in [-0.2, 0) is 0 Å². The van der Waals surface area contributed by atoms with Crippen LogP contribution in [0.3, 0.4) is 0 Å². The molecule has 0 unspecified atom stereocenters. The first-order valence-electron chi connectivity index (χ1n) is 9.10. The Morgan fingerprint density at radius 2 is 1.81 bits per heavy atom. The van der Waals surface area contributed by atoms with Crippen molar-refractivity contribution < 1.29 is 5.11 Å². The van der Waals surface area contributed by atoms with Gasteiger partial charge < -0.3 is 32.9 Å². The van der Waals surface area contributed by atoms with E-state index in [0.717, 1.165) is 38.8 Å². The fraction of sp³-hybridized carbons (Fsp3) is 0.421. The Hall–Kier alpha value is -2.67. The molecule has 140 valence electrons. The molecule has 0 aromatic heterocycles. The Morgan fingerprint density at radius 3 is 2.46 bits per heavy atom. The second kappa shape index (κ2) is 8.14. The molecule has 2 fully saturated rings. The largest absolute Gasteiger partial charge is 0.507 e. The van der Waals surface area contributed by atoms with Crippen LogP contribution in [0.15, 0.2) is 46.7 Å². The van der Waals surface area contributed by atoms with Crippen LogP contribution in [0.5, 0.6) is 5.75 Å². The van der Waals surface area contributed by atoms with Crippen molar-refractivity contribution in [3.63, 3.8) is 0 Å². The van der Waals surface area contributed by atoms with E-state index in [1.807, 2.05) is 6.07 Å². The third kappa shape index (κ3) is 4.70. The molecule has 2 aliphatic rings. The lowest BCUT2D eigenvalue weighted by Crippen LogP contribution is -2.41. The first kappa shape index (κ1) is 18.1. The highest BCUT2D eigenvalue weighted by molar-refractivity contribution is 5.97. The maximum Gasteiger partial charge on any atom is 0.144 e. The number of aliphatic imine (C=N–C) groups is 1. The molecular weight excluding hydrogens is 328 g/mol. The van der Waals surface area contributed by atoms with Crippen molar-refractivity contribution in [1.82, 2.24) is 10.6 Å². The van der Waals surface area contributed by atoms with Crippen molar-refractivity contribution in [3.8, 4) is 5.75 Å². The Balaban J connectivity index is 1.91. The van der Waals surface area contributed by atoms with Crippen molar-refractivity contribution in [2.75, 3.05) is 13.1 Å². The standard InChI is InChI=1S/C19H28N6O/c20-15(14-3-1-2-4-17(14)26)11-16(24-13-7-9-23-10-8-13)18(21)19(22)25-12-5-6-12/h1-4,11-13,23-24,26H,5-10,20-21H2,(H2,22,25)/b15-11-,18-16+. The van der Waals surface area contributed by atoms with E-state index < -0.39 is 0 Å². The number of nitrogens with one attached hydrogen (secondary N) is 2. The molecule has 0 bridgehead atoms. The summed E-state index contributed by atoms with van der Waals surface area (Å²) in [5.41, 5.74) is 20.7. The van der Waals surface area contributed by atoms with Gasteiger partial charge >= 0.3 is 0 Å². The minimum Gasteiger partial charge on any atom is -0.507 e. The van der Waals surface area contributed by atoms with Gasteiger partial charge in [0.1, 0.15) is 11.6 Å². The van der Waals surface area contributed by atoms with E-state index in [-0.39, 0.29) is 17.8 Å². The van der Waals surface area contributed by atoms with Gasteiger partial charge in [0, 0.05) is 17.3 Å². The van der Waals surface area contributed by atoms with Gasteiger partial charge in [0.2, 0.25) is 0 Å². The predicted octanol–water partition coefficient (Wildman–Crippen LogP) is 0.723. The summed E-state index contributed by atoms with van der Waals surface area (Å²) in [6, 6.07) is 7.52. The zero-order valence-electron chi connectivity index (χ0n) is 14.9. The molecule has 1 aliphatic carbocycles. The normalized spacial score (nSPS) is 20.6. The SMILES string of the molecule is NC(=NC1CC1)/C(N)=C(/C=C(\N)c1ccccc1O)NC1CCNCC1. The van der Waals surface area contributed by atoms with Crippen molar-refractivity contribution in [2.45, 2.75) is 37.8 Å². The van der Waals surface area contributed by atoms with Crippen LogP contribution < -0.4 is 27.8 Å². The Labute approximate surface area is 154 Å². The number of nitrogens with zero attached hydrogens (tertiary/aromatic N) is 1. The predicted molar refractivity (Wildman–Crippen MR) is 105 cm³/mol. The van der Waals surface area contributed by atoms with Gasteiger partial charge in [0.05, 0.1) is 17.4 Å². The summed E-state index contributed by atoms with van der Waals surface area (Å²) < 4.78 is 0. The molecule has 1 aliphatic heterocycles. The maximum absolute atomic E-state index is 10.0. The number of amidine groups is 1. The Morgan fingerprint density at radius 1 is 1.12 bits per heavy atom. The van der Waals surface area contributed by atoms with Gasteiger partial charge in [-0.1, -0.05) is 12.1 Å². The van der Waals surface area contributed by atoms with Gasteiger partial charge in [-0.25, -0.2) is 0 Å². The van der Waals surface area contributed by atoms with Crippen LogP contribution in [0, 0.1) is 0 Å². The van der Waals surface area contributed by atoms with Gasteiger partial charge in [0.15, 0.2) is 0 Å². The van der Waals surface area contributed by atoms with Gasteiger partial charge in [-0.2, -0.15) is 0 Å². The number of allylic oxidation sites excluding steroid dienone is 1. The summed E-state index contributed by atoms with van der Waals surface area (Å²) in [4.78, 5) is 4.44. The number of hydrogen-bond donors (Lipinski definition) is 6. The number of phenols is 1. The molecule has 3 rings (SSSR count). The zero-order valence-corrected chi connectivity index (χ0v) is 14.9. The first-order chi connectivity index (χ1) is 12.5. The lowest BCUT2D eigenvalue weighted by molar-refractivity contribution is 0.414. The fourth-order valence-corrected chi connectivity index (χ4v) is 2.94. The molecule has 1 saturated carbocycles. The molecule has 1 aromatic carbocycles. The second-order valence-electron chi connectivity index (χ2n) is 6.86. The van der Waals surface area contributed by atoms with Crippen LogP contribution in [0.25, 0.3) is 5.70 Å². The number of rotatable bonds is 6. The van der Waals surface area contributed by atoms with E-state index in [1.165, 1.54) is 0 Å². The molecule has 1 aromatic rings. The van der Waals surface area contributed by atoms with Gasteiger partial charge in [-0.15, -0.1) is 0 Å². The first-order valence-corrected chi connectivity index (χ1v) is 9.10. The van der Waals surface area contributed by atoms with E-state index in [4.69, 9.17) is 17.2 Å². The van der Waals surface area contributed by atoms with Crippen LogP contribution in [-0.4, -0.2) is 36.1 Å². The average molecular weight is 356 g/mol. The Kier molecular flexibility index (Phi) is 5.68. The van der Waals surface area contributed by atoms with Crippen LogP contribution in [0.1, 0.15) is 31.2 Å². The summed E-state index contributed by atoms with van der Waals surface area (Å²) in [6.07, 6.45) is 5.82. The number of para-hydroxylation sites is 1. The van der Waals surface area contributed by atoms with E-state index >= 15 is 0 Å². The van der Waals surface area contributed by atoms with Gasteiger partial charge in [-0.05, 0) is 57.0 Å². The smallest absolute Gasteiger partial charge is 0.144 e. The molecule has 7 nitrogen and oxygen atoms in total. The van der Waals surface area contributed by atoms with Gasteiger partial charge in [-0.3, -0.25) is 4.99 Å². The lowest BCUT2D eigenvalue weighted by atomic mass is 10.0. The molecule has 26 heavy (non-hydrogen) atoms. The molecule has 0 radical (unpaired) electrons. The quantitative estimate of drug-likeness (QED) is 0.253. The van der Waals surface area contributed by atoms with Crippen molar-refractivity contribution in [2.24, 2.45) is 22.2 Å². The number of phenolic OH excluding ortho intramolecular Hbond substituents is 1. The van der Waals surface area contributed by atoms with Crippen molar-refractivity contribution in [1.29, 1.82) is 0 Å². The fourth-order valence-electron chi connectivity index (χ4n) is 2.94. The van der Waals surface area contributed by atoms with E-state index in [9.17, 15) is 5.11 Å². The van der Waals surface area contributed by atoms with Crippen LogP contribution in [0.4, 0.5) is 0 Å². The number of piperidine rings is 1. The number of benzene rings is 1.